The van der Waals surface area contributed by atoms with Crippen molar-refractivity contribution in [3.63, 3.8) is 0 Å². The SMILES string of the molecule is CCN[C@H]1C[C@H](C)S(=O)(=O)c2sc(S(=O)(=O)N=CC(C)C(C)(CC)OC(=O)C(C)C(C)(CC)OC(=O)C(C)O)cc21. The number of carbonyl (C=O) groups excluding carboxylic acids is 2. The Labute approximate surface area is 248 Å². The summed E-state index contributed by atoms with van der Waals surface area (Å²) in [5, 5.41) is 12.1. The summed E-state index contributed by atoms with van der Waals surface area (Å²) in [6, 6.07) is 1.10. The Morgan fingerprint density at radius 3 is 2.22 bits per heavy atom. The lowest BCUT2D eigenvalue weighted by Gasteiger charge is -2.38. The maximum Gasteiger partial charge on any atom is 0.335 e. The number of carbonyl (C=O) groups is 2. The maximum absolute atomic E-state index is 13.2. The van der Waals surface area contributed by atoms with Crippen molar-refractivity contribution in [2.24, 2.45) is 16.2 Å². The molecule has 7 atom stereocenters. The van der Waals surface area contributed by atoms with Gasteiger partial charge in [0.25, 0.3) is 10.0 Å². The standard InChI is InChI=1S/C27H44N2O9S3/c1-10-26(8,37-23(31)18(6)27(9,11-2)38-24(32)19(7)30)16(4)15-29-41(35,36)22-14-20-21(28-12-3)13-17(5)40(33,34)25(20)39-22/h14-19,21,28,30H,10-13H2,1-9H3/t16?,17-,18?,19?,21-,26?,27?/m0/s1. The smallest absolute Gasteiger partial charge is 0.335 e. The van der Waals surface area contributed by atoms with Gasteiger partial charge in [0.1, 0.15) is 25.7 Å². The van der Waals surface area contributed by atoms with Gasteiger partial charge in [0.15, 0.2) is 9.84 Å². The molecule has 0 amide bonds. The average Bonchev–Trinajstić information content (AvgIpc) is 3.38. The molecule has 0 saturated heterocycles. The van der Waals surface area contributed by atoms with E-state index in [-0.39, 0.29) is 20.9 Å². The van der Waals surface area contributed by atoms with E-state index in [1.807, 2.05) is 6.92 Å². The van der Waals surface area contributed by atoms with E-state index in [9.17, 15) is 31.5 Å². The summed E-state index contributed by atoms with van der Waals surface area (Å²) in [4.78, 5) is 25.2. The van der Waals surface area contributed by atoms with Crippen molar-refractivity contribution in [2.75, 3.05) is 6.54 Å². The Kier molecular flexibility index (Phi) is 11.4. The lowest BCUT2D eigenvalue weighted by Crippen LogP contribution is -2.47. The van der Waals surface area contributed by atoms with Gasteiger partial charge in [-0.3, -0.25) is 4.79 Å². The number of sulfonamides is 1. The molecule has 1 aromatic rings. The molecule has 0 fully saturated rings. The van der Waals surface area contributed by atoms with Crippen LogP contribution in [0.15, 0.2) is 18.9 Å². The van der Waals surface area contributed by atoms with Crippen LogP contribution < -0.4 is 5.32 Å². The summed E-state index contributed by atoms with van der Waals surface area (Å²) in [7, 11) is -7.90. The summed E-state index contributed by atoms with van der Waals surface area (Å²) in [6.45, 7) is 15.4. The molecule has 0 bridgehead atoms. The molecule has 0 saturated carbocycles. The molecule has 2 heterocycles. The molecule has 0 spiro atoms. The Morgan fingerprint density at radius 2 is 1.71 bits per heavy atom. The molecule has 14 heteroatoms. The molecular formula is C27H44N2O9S3. The van der Waals surface area contributed by atoms with Gasteiger partial charge in [-0.15, -0.1) is 11.3 Å². The number of ether oxygens (including phenoxy) is 2. The molecular weight excluding hydrogens is 593 g/mol. The largest absolute Gasteiger partial charge is 0.458 e. The monoisotopic (exact) mass is 636 g/mol. The molecule has 11 nitrogen and oxygen atoms in total. The van der Waals surface area contributed by atoms with E-state index in [2.05, 4.69) is 9.71 Å². The third kappa shape index (κ3) is 7.56. The summed E-state index contributed by atoms with van der Waals surface area (Å²) >= 11 is 0.700. The molecule has 0 aliphatic carbocycles. The van der Waals surface area contributed by atoms with Crippen LogP contribution in [-0.2, 0) is 38.9 Å². The van der Waals surface area contributed by atoms with Crippen LogP contribution in [0.3, 0.4) is 0 Å². The number of aliphatic hydroxyl groups excluding tert-OH is 1. The van der Waals surface area contributed by atoms with Crippen LogP contribution in [0.2, 0.25) is 0 Å². The van der Waals surface area contributed by atoms with Crippen molar-refractivity contribution in [2.45, 2.75) is 119 Å². The average molecular weight is 637 g/mol. The van der Waals surface area contributed by atoms with Crippen molar-refractivity contribution in [1.29, 1.82) is 0 Å². The Balaban J connectivity index is 2.31. The van der Waals surface area contributed by atoms with E-state index in [0.717, 1.165) is 0 Å². The van der Waals surface area contributed by atoms with Gasteiger partial charge >= 0.3 is 11.9 Å². The Morgan fingerprint density at radius 1 is 1.15 bits per heavy atom. The van der Waals surface area contributed by atoms with E-state index in [0.29, 0.717) is 36.3 Å². The van der Waals surface area contributed by atoms with E-state index in [1.165, 1.54) is 19.2 Å². The zero-order valence-corrected chi connectivity index (χ0v) is 27.7. The van der Waals surface area contributed by atoms with Gasteiger partial charge in [-0.1, -0.05) is 27.7 Å². The second kappa shape index (κ2) is 13.2. The van der Waals surface area contributed by atoms with Gasteiger partial charge in [-0.05, 0) is 66.5 Å². The van der Waals surface area contributed by atoms with Gasteiger partial charge in [0.2, 0.25) is 0 Å². The number of thiophene rings is 1. The van der Waals surface area contributed by atoms with Gasteiger partial charge < -0.3 is 19.9 Å². The first-order valence-electron chi connectivity index (χ1n) is 13.8. The Hall–Kier alpha value is -1.87. The van der Waals surface area contributed by atoms with Crippen LogP contribution in [0.1, 0.15) is 93.2 Å². The molecule has 1 aliphatic heterocycles. The van der Waals surface area contributed by atoms with Crippen molar-refractivity contribution in [3.05, 3.63) is 11.6 Å². The van der Waals surface area contributed by atoms with Crippen molar-refractivity contribution < 1.29 is 41.0 Å². The molecule has 41 heavy (non-hydrogen) atoms. The fourth-order valence-corrected chi connectivity index (χ4v) is 9.32. The fraction of sp³-hybridized carbons (Fsp3) is 0.741. The molecule has 0 radical (unpaired) electrons. The molecule has 1 aliphatic rings. The highest BCUT2D eigenvalue weighted by molar-refractivity contribution is 7.96. The van der Waals surface area contributed by atoms with Crippen LogP contribution in [-0.4, -0.2) is 69.2 Å². The molecule has 2 N–H and O–H groups in total. The summed E-state index contributed by atoms with van der Waals surface area (Å²) < 4.78 is 67.3. The molecule has 234 valence electrons. The van der Waals surface area contributed by atoms with Gasteiger partial charge in [-0.25, -0.2) is 13.2 Å². The highest BCUT2D eigenvalue weighted by Crippen LogP contribution is 2.43. The van der Waals surface area contributed by atoms with Gasteiger partial charge in [-0.2, -0.15) is 12.8 Å². The highest BCUT2D eigenvalue weighted by atomic mass is 32.3. The second-order valence-electron chi connectivity index (χ2n) is 11.1. The number of hydrogen-bond acceptors (Lipinski definition) is 11. The van der Waals surface area contributed by atoms with Crippen LogP contribution >= 0.6 is 11.3 Å². The number of nitrogens with one attached hydrogen (secondary N) is 1. The summed E-state index contributed by atoms with van der Waals surface area (Å²) in [6.07, 6.45) is 0.791. The van der Waals surface area contributed by atoms with E-state index < -0.39 is 66.2 Å². The summed E-state index contributed by atoms with van der Waals surface area (Å²) in [5.74, 6) is -3.05. The van der Waals surface area contributed by atoms with Crippen molar-refractivity contribution >= 4 is 49.4 Å². The first kappa shape index (κ1) is 35.3. The number of sulfone groups is 1. The quantitative estimate of drug-likeness (QED) is 0.240. The van der Waals surface area contributed by atoms with E-state index >= 15 is 0 Å². The molecule has 2 rings (SSSR count). The third-order valence-electron chi connectivity index (χ3n) is 8.21. The minimum absolute atomic E-state index is 0.0422. The normalized spacial score (nSPS) is 24.0. The zero-order chi connectivity index (χ0) is 31.6. The number of fused-ring (bicyclic) bond motifs is 1. The molecule has 1 aromatic heterocycles. The maximum atomic E-state index is 13.2. The lowest BCUT2D eigenvalue weighted by atomic mass is 9.86. The molecule has 5 unspecified atom stereocenters. The predicted octanol–water partition coefficient (Wildman–Crippen LogP) is 3.80. The second-order valence-corrected chi connectivity index (χ2v) is 16.6. The number of hydrogen-bond donors (Lipinski definition) is 2. The number of rotatable bonds is 13. The minimum atomic E-state index is -4.24. The van der Waals surface area contributed by atoms with Crippen LogP contribution in [0.25, 0.3) is 0 Å². The van der Waals surface area contributed by atoms with Crippen LogP contribution in [0, 0.1) is 11.8 Å². The highest BCUT2D eigenvalue weighted by Gasteiger charge is 2.43. The number of aliphatic hydroxyl groups is 1. The van der Waals surface area contributed by atoms with Gasteiger partial charge in [0, 0.05) is 23.7 Å². The van der Waals surface area contributed by atoms with E-state index in [1.54, 1.807) is 48.5 Å². The topological polar surface area (TPSA) is 165 Å². The van der Waals surface area contributed by atoms with Crippen LogP contribution in [0.4, 0.5) is 0 Å². The minimum Gasteiger partial charge on any atom is -0.458 e. The van der Waals surface area contributed by atoms with E-state index in [4.69, 9.17) is 9.47 Å². The summed E-state index contributed by atoms with van der Waals surface area (Å²) in [5.41, 5.74) is -1.95. The van der Waals surface area contributed by atoms with Crippen molar-refractivity contribution in [1.82, 2.24) is 5.32 Å². The van der Waals surface area contributed by atoms with Gasteiger partial charge in [0.05, 0.1) is 11.2 Å². The zero-order valence-electron chi connectivity index (χ0n) is 25.3. The Bertz CT molecular complexity index is 1350. The lowest BCUT2D eigenvalue weighted by molar-refractivity contribution is -0.187. The van der Waals surface area contributed by atoms with Crippen molar-refractivity contribution in [3.8, 4) is 0 Å². The third-order valence-corrected chi connectivity index (χ3v) is 13.8. The van der Waals surface area contributed by atoms with Crippen LogP contribution in [0.5, 0.6) is 0 Å². The number of esters is 2. The predicted molar refractivity (Wildman–Crippen MR) is 157 cm³/mol. The first-order valence-corrected chi connectivity index (χ1v) is 17.6. The molecule has 0 aromatic carbocycles. The first-order chi connectivity index (χ1) is 18.8. The number of nitrogens with zero attached hydrogens (tertiary/aromatic N) is 1. The fourth-order valence-electron chi connectivity index (χ4n) is 4.38.